The van der Waals surface area contributed by atoms with Gasteiger partial charge in [0.25, 0.3) is 0 Å². The highest BCUT2D eigenvalue weighted by molar-refractivity contribution is 6.30. The van der Waals surface area contributed by atoms with Crippen molar-refractivity contribution in [2.45, 2.75) is 26.1 Å². The van der Waals surface area contributed by atoms with Gasteiger partial charge in [0.1, 0.15) is 0 Å². The van der Waals surface area contributed by atoms with E-state index in [0.29, 0.717) is 42.9 Å². The fourth-order valence-corrected chi connectivity index (χ4v) is 3.02. The fraction of sp³-hybridized carbons (Fsp3) is 0.300. The number of urea groups is 1. The number of hydrogen-bond donors (Lipinski definition) is 3. The molecule has 0 aliphatic carbocycles. The molecule has 0 spiro atoms. The van der Waals surface area contributed by atoms with Crippen LogP contribution in [0.4, 0.5) is 10.5 Å². The highest BCUT2D eigenvalue weighted by atomic mass is 35.5. The van der Waals surface area contributed by atoms with Gasteiger partial charge in [0.05, 0.1) is 6.54 Å². The molecule has 7 heteroatoms. The Morgan fingerprint density at radius 3 is 2.52 bits per heavy atom. The third-order valence-corrected chi connectivity index (χ3v) is 4.65. The van der Waals surface area contributed by atoms with Gasteiger partial charge in [0.15, 0.2) is 0 Å². The number of anilines is 1. The number of nitrogens with zero attached hydrogens (tertiary/aromatic N) is 1. The molecule has 3 rings (SSSR count). The van der Waals surface area contributed by atoms with Gasteiger partial charge in [0, 0.05) is 36.4 Å². The van der Waals surface area contributed by atoms with Gasteiger partial charge in [-0.2, -0.15) is 0 Å². The van der Waals surface area contributed by atoms with Gasteiger partial charge in [-0.25, -0.2) is 4.79 Å². The van der Waals surface area contributed by atoms with E-state index in [9.17, 15) is 9.59 Å². The zero-order valence-corrected chi connectivity index (χ0v) is 15.9. The maximum absolute atomic E-state index is 12.0. The first-order chi connectivity index (χ1) is 13.0. The van der Waals surface area contributed by atoms with E-state index in [2.05, 4.69) is 22.9 Å². The topological polar surface area (TPSA) is 73.5 Å². The Morgan fingerprint density at radius 1 is 1.15 bits per heavy atom. The number of rotatable bonds is 5. The lowest BCUT2D eigenvalue weighted by Gasteiger charge is -2.31. The summed E-state index contributed by atoms with van der Waals surface area (Å²) in [6.07, 6.45) is 0. The smallest absolute Gasteiger partial charge is 0.319 e. The van der Waals surface area contributed by atoms with Crippen LogP contribution in [0.5, 0.6) is 0 Å². The minimum atomic E-state index is -0.274. The number of nitrogens with one attached hydrogen (secondary N) is 3. The molecular weight excluding hydrogens is 364 g/mol. The molecule has 1 fully saturated rings. The van der Waals surface area contributed by atoms with Crippen molar-refractivity contribution in [1.82, 2.24) is 15.5 Å². The van der Waals surface area contributed by atoms with Gasteiger partial charge in [-0.1, -0.05) is 35.9 Å². The first-order valence-electron chi connectivity index (χ1n) is 8.89. The van der Waals surface area contributed by atoms with Crippen LogP contribution in [-0.2, 0) is 17.9 Å². The lowest BCUT2D eigenvalue weighted by atomic mass is 10.1. The third-order valence-electron chi connectivity index (χ3n) is 4.40. The van der Waals surface area contributed by atoms with Crippen molar-refractivity contribution in [3.8, 4) is 0 Å². The maximum atomic E-state index is 12.0. The summed E-state index contributed by atoms with van der Waals surface area (Å²) in [6, 6.07) is 14.9. The summed E-state index contributed by atoms with van der Waals surface area (Å²) in [5.41, 5.74) is 2.71. The summed E-state index contributed by atoms with van der Waals surface area (Å²) >= 11 is 5.85. The van der Waals surface area contributed by atoms with E-state index in [1.807, 2.05) is 41.3 Å². The number of carbonyl (C=O) groups excluding carboxylic acids is 2. The van der Waals surface area contributed by atoms with Crippen LogP contribution in [0.3, 0.4) is 0 Å². The Bertz CT molecular complexity index is 793. The van der Waals surface area contributed by atoms with Gasteiger partial charge in [-0.15, -0.1) is 0 Å². The predicted molar refractivity (Wildman–Crippen MR) is 107 cm³/mol. The van der Waals surface area contributed by atoms with Crippen molar-refractivity contribution in [3.63, 3.8) is 0 Å². The molecule has 142 valence electrons. The maximum Gasteiger partial charge on any atom is 0.319 e. The summed E-state index contributed by atoms with van der Waals surface area (Å²) in [5, 5.41) is 9.43. The molecule has 0 saturated carbocycles. The number of carbonyl (C=O) groups is 2. The van der Waals surface area contributed by atoms with Gasteiger partial charge in [0.2, 0.25) is 5.91 Å². The molecule has 3 amide bonds. The van der Waals surface area contributed by atoms with Crippen LogP contribution < -0.4 is 16.0 Å². The minimum Gasteiger partial charge on any atom is -0.336 e. The van der Waals surface area contributed by atoms with Crippen molar-refractivity contribution in [1.29, 1.82) is 0 Å². The molecule has 0 aromatic heterocycles. The fourth-order valence-electron chi connectivity index (χ4n) is 2.90. The first kappa shape index (κ1) is 19.2. The predicted octanol–water partition coefficient (Wildman–Crippen LogP) is 2.98. The molecule has 6 nitrogen and oxygen atoms in total. The standard InChI is InChI=1S/C20H23ClN4O2/c1-14-12-25(19(26)11-22-14)13-16-4-8-18(9-5-16)24-20(27)23-10-15-2-6-17(21)7-3-15/h2-9,14,22H,10-13H2,1H3,(H2,23,24,27)/t14-/m1/s1. The Labute approximate surface area is 163 Å². The zero-order chi connectivity index (χ0) is 19.2. The molecule has 1 aliphatic heterocycles. The molecule has 2 aromatic rings. The number of hydrogen-bond acceptors (Lipinski definition) is 3. The molecule has 27 heavy (non-hydrogen) atoms. The summed E-state index contributed by atoms with van der Waals surface area (Å²) in [6.45, 7) is 4.15. The van der Waals surface area contributed by atoms with Crippen molar-refractivity contribution < 1.29 is 9.59 Å². The van der Waals surface area contributed by atoms with Crippen molar-refractivity contribution >= 4 is 29.2 Å². The van der Waals surface area contributed by atoms with Gasteiger partial charge < -0.3 is 20.9 Å². The van der Waals surface area contributed by atoms with E-state index in [1.165, 1.54) is 0 Å². The second-order valence-corrected chi connectivity index (χ2v) is 7.12. The number of halogens is 1. The average Bonchev–Trinajstić information content (AvgIpc) is 2.66. The van der Waals surface area contributed by atoms with Gasteiger partial charge in [-0.3, -0.25) is 4.79 Å². The van der Waals surface area contributed by atoms with Crippen LogP contribution in [0.2, 0.25) is 5.02 Å². The summed E-state index contributed by atoms with van der Waals surface area (Å²) < 4.78 is 0. The number of piperazine rings is 1. The van der Waals surface area contributed by atoms with Crippen molar-refractivity contribution in [2.24, 2.45) is 0 Å². The average molecular weight is 387 g/mol. The Hall–Kier alpha value is -2.57. The van der Waals surface area contributed by atoms with E-state index >= 15 is 0 Å². The van der Waals surface area contributed by atoms with Crippen LogP contribution >= 0.6 is 11.6 Å². The normalized spacial score (nSPS) is 16.9. The van der Waals surface area contributed by atoms with Crippen molar-refractivity contribution in [3.05, 3.63) is 64.7 Å². The van der Waals surface area contributed by atoms with E-state index in [0.717, 1.165) is 11.1 Å². The lowest BCUT2D eigenvalue weighted by molar-refractivity contribution is -0.133. The van der Waals surface area contributed by atoms with Crippen LogP contribution in [-0.4, -0.2) is 36.0 Å². The van der Waals surface area contributed by atoms with Crippen LogP contribution in [0.25, 0.3) is 0 Å². The van der Waals surface area contributed by atoms with Crippen LogP contribution in [0.1, 0.15) is 18.1 Å². The monoisotopic (exact) mass is 386 g/mol. The van der Waals surface area contributed by atoms with Crippen molar-refractivity contribution in [2.75, 3.05) is 18.4 Å². The van der Waals surface area contributed by atoms with Crippen LogP contribution in [0, 0.1) is 0 Å². The molecule has 1 saturated heterocycles. The number of amides is 3. The SMILES string of the molecule is C[C@@H]1CN(Cc2ccc(NC(=O)NCc3ccc(Cl)cc3)cc2)C(=O)CN1. The molecule has 1 atom stereocenters. The molecule has 0 radical (unpaired) electrons. The Kier molecular flexibility index (Phi) is 6.32. The number of benzene rings is 2. The third kappa shape index (κ3) is 5.70. The van der Waals surface area contributed by atoms with Gasteiger partial charge in [-0.05, 0) is 42.3 Å². The van der Waals surface area contributed by atoms with E-state index in [-0.39, 0.29) is 11.9 Å². The summed E-state index contributed by atoms with van der Waals surface area (Å²) in [7, 11) is 0. The molecule has 1 aliphatic rings. The van der Waals surface area contributed by atoms with Gasteiger partial charge >= 0.3 is 6.03 Å². The quantitative estimate of drug-likeness (QED) is 0.739. The highest BCUT2D eigenvalue weighted by Crippen LogP contribution is 2.13. The summed E-state index contributed by atoms with van der Waals surface area (Å²) in [5.74, 6) is 0.108. The van der Waals surface area contributed by atoms with Crippen LogP contribution in [0.15, 0.2) is 48.5 Å². The van der Waals surface area contributed by atoms with E-state index < -0.39 is 0 Å². The largest absolute Gasteiger partial charge is 0.336 e. The molecule has 3 N–H and O–H groups in total. The molecule has 0 unspecified atom stereocenters. The summed E-state index contributed by atoms with van der Waals surface area (Å²) in [4.78, 5) is 25.8. The second kappa shape index (κ2) is 8.88. The Balaban J connectivity index is 1.48. The van der Waals surface area contributed by atoms with E-state index in [4.69, 9.17) is 11.6 Å². The second-order valence-electron chi connectivity index (χ2n) is 6.69. The zero-order valence-electron chi connectivity index (χ0n) is 15.2. The lowest BCUT2D eigenvalue weighted by Crippen LogP contribution is -2.52. The molecule has 1 heterocycles. The first-order valence-corrected chi connectivity index (χ1v) is 9.27. The molecular formula is C20H23ClN4O2. The van der Waals surface area contributed by atoms with E-state index in [1.54, 1.807) is 12.1 Å². The molecule has 2 aromatic carbocycles. The molecule has 0 bridgehead atoms. The highest BCUT2D eigenvalue weighted by Gasteiger charge is 2.22. The minimum absolute atomic E-state index is 0.108. The Morgan fingerprint density at radius 2 is 1.81 bits per heavy atom.